The largest absolute Gasteiger partial charge is 0.481 e. The number of carbonyl (C=O) groups excluding carboxylic acids is 1. The van der Waals surface area contributed by atoms with E-state index >= 15 is 0 Å². The molecule has 0 aliphatic heterocycles. The van der Waals surface area contributed by atoms with Crippen molar-refractivity contribution >= 4 is 11.8 Å². The Morgan fingerprint density at radius 2 is 2.38 bits per heavy atom. The predicted molar refractivity (Wildman–Crippen MR) is 58.7 cm³/mol. The van der Waals surface area contributed by atoms with E-state index in [1.165, 1.54) is 0 Å². The van der Waals surface area contributed by atoms with Gasteiger partial charge in [0.25, 0.3) is 0 Å². The average molecular weight is 223 g/mol. The number of Topliss-reactive ketones (excluding diaryl/α,β-unsaturated/α-hetero) is 1. The van der Waals surface area contributed by atoms with E-state index in [0.29, 0.717) is 13.0 Å². The maximum Gasteiger partial charge on any atom is 0.303 e. The summed E-state index contributed by atoms with van der Waals surface area (Å²) in [5.74, 6) is -0.537. The molecule has 1 saturated carbocycles. The fraction of sp³-hybridized carbons (Fsp3) is 0.667. The fourth-order valence-electron chi connectivity index (χ4n) is 3.13. The van der Waals surface area contributed by atoms with Gasteiger partial charge in [0.05, 0.1) is 6.42 Å². The van der Waals surface area contributed by atoms with E-state index in [1.54, 1.807) is 0 Å². The van der Waals surface area contributed by atoms with E-state index in [0.717, 1.165) is 12.0 Å². The summed E-state index contributed by atoms with van der Waals surface area (Å²) in [4.78, 5) is 22.7. The Kier molecular flexibility index (Phi) is 2.62. The third-order valence-corrected chi connectivity index (χ3v) is 4.09. The summed E-state index contributed by atoms with van der Waals surface area (Å²) in [6.45, 7) is 2.30. The molecule has 0 amide bonds. The smallest absolute Gasteiger partial charge is 0.303 e. The summed E-state index contributed by atoms with van der Waals surface area (Å²) in [5.41, 5.74) is 6.19. The van der Waals surface area contributed by atoms with E-state index in [4.69, 9.17) is 10.8 Å². The van der Waals surface area contributed by atoms with Crippen LogP contribution in [0.4, 0.5) is 0 Å². The van der Waals surface area contributed by atoms with Gasteiger partial charge in [-0.2, -0.15) is 0 Å². The van der Waals surface area contributed by atoms with Gasteiger partial charge in [0.15, 0.2) is 5.78 Å². The lowest BCUT2D eigenvalue weighted by Crippen LogP contribution is -2.53. The minimum absolute atomic E-state index is 0.0119. The molecule has 1 fully saturated rings. The van der Waals surface area contributed by atoms with Gasteiger partial charge in [0.1, 0.15) is 0 Å². The van der Waals surface area contributed by atoms with Crippen LogP contribution >= 0.6 is 0 Å². The van der Waals surface area contributed by atoms with Crippen LogP contribution < -0.4 is 5.73 Å². The van der Waals surface area contributed by atoms with Crippen molar-refractivity contribution in [1.82, 2.24) is 0 Å². The Balaban J connectivity index is 2.20. The molecule has 0 spiro atoms. The zero-order valence-corrected chi connectivity index (χ0v) is 9.40. The number of hydrogen-bond acceptors (Lipinski definition) is 3. The highest BCUT2D eigenvalue weighted by molar-refractivity contribution is 6.01. The molecular weight excluding hydrogens is 206 g/mol. The number of ketones is 1. The molecule has 4 nitrogen and oxygen atoms in total. The maximum atomic E-state index is 11.8. The minimum atomic E-state index is -0.824. The molecule has 0 bridgehead atoms. The van der Waals surface area contributed by atoms with Gasteiger partial charge >= 0.3 is 5.97 Å². The molecule has 2 aliphatic rings. The molecule has 0 aromatic carbocycles. The van der Waals surface area contributed by atoms with Crippen molar-refractivity contribution < 1.29 is 14.7 Å². The monoisotopic (exact) mass is 223 g/mol. The van der Waals surface area contributed by atoms with Gasteiger partial charge in [0, 0.05) is 11.3 Å². The van der Waals surface area contributed by atoms with Crippen molar-refractivity contribution in [1.29, 1.82) is 0 Å². The molecule has 4 heteroatoms. The Hall–Kier alpha value is -1.16. The molecule has 0 aromatic rings. The second-order valence-electron chi connectivity index (χ2n) is 4.88. The fourth-order valence-corrected chi connectivity index (χ4v) is 3.13. The van der Waals surface area contributed by atoms with Crippen molar-refractivity contribution in [3.63, 3.8) is 0 Å². The molecule has 0 heterocycles. The second-order valence-corrected chi connectivity index (χ2v) is 4.88. The normalized spacial score (nSPS) is 36.6. The van der Waals surface area contributed by atoms with Gasteiger partial charge in [-0.25, -0.2) is 0 Å². The van der Waals surface area contributed by atoms with Crippen LogP contribution in [0.25, 0.3) is 0 Å². The Bertz CT molecular complexity index is 374. The zero-order valence-electron chi connectivity index (χ0n) is 9.40. The predicted octanol–water partition coefficient (Wildman–Crippen LogP) is 0.961. The molecule has 2 aliphatic carbocycles. The number of rotatable bonds is 4. The summed E-state index contributed by atoms with van der Waals surface area (Å²) >= 11 is 0. The molecule has 0 saturated heterocycles. The van der Waals surface area contributed by atoms with E-state index in [-0.39, 0.29) is 29.5 Å². The first-order valence-corrected chi connectivity index (χ1v) is 5.71. The number of carboxylic acid groups (broad SMARTS) is 1. The van der Waals surface area contributed by atoms with Crippen LogP contribution in [0.15, 0.2) is 11.6 Å². The number of nitrogens with two attached hydrogens (primary N) is 1. The van der Waals surface area contributed by atoms with Gasteiger partial charge < -0.3 is 10.8 Å². The second kappa shape index (κ2) is 3.70. The third kappa shape index (κ3) is 1.40. The van der Waals surface area contributed by atoms with Crippen LogP contribution in [-0.2, 0) is 9.59 Å². The summed E-state index contributed by atoms with van der Waals surface area (Å²) in [5, 5.41) is 8.89. The minimum Gasteiger partial charge on any atom is -0.481 e. The topological polar surface area (TPSA) is 80.4 Å². The maximum absolute atomic E-state index is 11.8. The van der Waals surface area contributed by atoms with E-state index < -0.39 is 5.97 Å². The third-order valence-electron chi connectivity index (χ3n) is 4.09. The van der Waals surface area contributed by atoms with Crippen LogP contribution in [0.5, 0.6) is 0 Å². The molecular formula is C12H17NO3. The summed E-state index contributed by atoms with van der Waals surface area (Å²) in [6, 6.07) is 0. The Morgan fingerprint density at radius 1 is 1.69 bits per heavy atom. The van der Waals surface area contributed by atoms with Crippen molar-refractivity contribution in [2.45, 2.75) is 26.2 Å². The molecule has 16 heavy (non-hydrogen) atoms. The van der Waals surface area contributed by atoms with Crippen LogP contribution in [0.2, 0.25) is 0 Å². The van der Waals surface area contributed by atoms with Gasteiger partial charge in [-0.1, -0.05) is 13.0 Å². The zero-order chi connectivity index (χ0) is 11.9. The van der Waals surface area contributed by atoms with Gasteiger partial charge in [-0.3, -0.25) is 9.59 Å². The van der Waals surface area contributed by atoms with Crippen molar-refractivity contribution in [3.8, 4) is 0 Å². The summed E-state index contributed by atoms with van der Waals surface area (Å²) < 4.78 is 0. The first kappa shape index (κ1) is 11.3. The molecule has 0 aromatic heterocycles. The lowest BCUT2D eigenvalue weighted by atomic mass is 9.53. The van der Waals surface area contributed by atoms with Gasteiger partial charge in [-0.15, -0.1) is 0 Å². The van der Waals surface area contributed by atoms with Gasteiger partial charge in [-0.05, 0) is 30.9 Å². The van der Waals surface area contributed by atoms with Crippen molar-refractivity contribution in [3.05, 3.63) is 11.6 Å². The Morgan fingerprint density at radius 3 is 2.88 bits per heavy atom. The SMILES string of the molecule is CCC1=CC2C(CC2(CN)CC(=O)O)C1=O. The van der Waals surface area contributed by atoms with E-state index in [9.17, 15) is 9.59 Å². The van der Waals surface area contributed by atoms with Gasteiger partial charge in [0.2, 0.25) is 0 Å². The Labute approximate surface area is 94.5 Å². The van der Waals surface area contributed by atoms with Crippen LogP contribution in [0.1, 0.15) is 26.2 Å². The molecule has 3 unspecified atom stereocenters. The molecule has 0 radical (unpaired) electrons. The number of carbonyl (C=O) groups is 2. The van der Waals surface area contributed by atoms with Crippen LogP contribution in [0.3, 0.4) is 0 Å². The summed E-state index contributed by atoms with van der Waals surface area (Å²) in [6.07, 6.45) is 3.41. The molecule has 2 rings (SSSR count). The average Bonchev–Trinajstić information content (AvgIpc) is 2.48. The molecule has 3 atom stereocenters. The molecule has 3 N–H and O–H groups in total. The van der Waals surface area contributed by atoms with E-state index in [2.05, 4.69) is 0 Å². The summed E-state index contributed by atoms with van der Waals surface area (Å²) in [7, 11) is 0. The highest BCUT2D eigenvalue weighted by Crippen LogP contribution is 2.58. The first-order valence-electron chi connectivity index (χ1n) is 5.71. The number of allylic oxidation sites excluding steroid dienone is 2. The van der Waals surface area contributed by atoms with E-state index in [1.807, 2.05) is 13.0 Å². The molecule has 88 valence electrons. The lowest BCUT2D eigenvalue weighted by molar-refractivity contribution is -0.147. The lowest BCUT2D eigenvalue weighted by Gasteiger charge is -2.50. The number of carboxylic acids is 1. The highest BCUT2D eigenvalue weighted by atomic mass is 16.4. The number of aliphatic carboxylic acids is 1. The van der Waals surface area contributed by atoms with Crippen molar-refractivity contribution in [2.24, 2.45) is 23.0 Å². The highest BCUT2D eigenvalue weighted by Gasteiger charge is 2.58. The quantitative estimate of drug-likeness (QED) is 0.744. The van der Waals surface area contributed by atoms with Crippen LogP contribution in [-0.4, -0.2) is 23.4 Å². The van der Waals surface area contributed by atoms with Crippen molar-refractivity contribution in [2.75, 3.05) is 6.54 Å². The number of fused-ring (bicyclic) bond motifs is 1. The van der Waals surface area contributed by atoms with Crippen LogP contribution in [0, 0.1) is 17.3 Å². The number of hydrogen-bond donors (Lipinski definition) is 2. The first-order chi connectivity index (χ1) is 7.54. The standard InChI is InChI=1S/C12H17NO3/c1-2-7-3-9-8(11(7)16)4-12(9,6-13)5-10(14)15/h3,8-9H,2,4-6,13H2,1H3,(H,14,15).